The van der Waals surface area contributed by atoms with Crippen LogP contribution < -0.4 is 9.47 Å². The van der Waals surface area contributed by atoms with Gasteiger partial charge in [0.2, 0.25) is 5.88 Å². The normalized spacial score (nSPS) is 16.9. The van der Waals surface area contributed by atoms with Gasteiger partial charge in [0.1, 0.15) is 18.0 Å². The summed E-state index contributed by atoms with van der Waals surface area (Å²) < 4.78 is 29.6. The molecular formula is C26H36BNO6. The fourth-order valence-electron chi connectivity index (χ4n) is 3.61. The zero-order chi connectivity index (χ0) is 25.1. The lowest BCUT2D eigenvalue weighted by Crippen LogP contribution is -2.41. The van der Waals surface area contributed by atoms with Crippen molar-refractivity contribution in [3.8, 4) is 11.6 Å². The Kier molecular flexibility index (Phi) is 7.63. The lowest BCUT2D eigenvalue weighted by atomic mass is 9.81. The summed E-state index contributed by atoms with van der Waals surface area (Å²) in [5.74, 6) is 0.0237. The van der Waals surface area contributed by atoms with Crippen LogP contribution in [0.15, 0.2) is 36.5 Å². The Hall–Kier alpha value is -2.58. The van der Waals surface area contributed by atoms with Crippen molar-refractivity contribution in [3.63, 3.8) is 0 Å². The third-order valence-electron chi connectivity index (χ3n) is 6.04. The van der Waals surface area contributed by atoms with Gasteiger partial charge in [-0.15, -0.1) is 0 Å². The number of esters is 1. The van der Waals surface area contributed by atoms with Gasteiger partial charge in [0.15, 0.2) is 5.56 Å². The molecule has 34 heavy (non-hydrogen) atoms. The first-order chi connectivity index (χ1) is 15.8. The molecule has 8 heteroatoms. The molecule has 1 aliphatic rings. The predicted octanol–water partition coefficient (Wildman–Crippen LogP) is 5.26. The van der Waals surface area contributed by atoms with Crippen LogP contribution in [0.1, 0.15) is 70.0 Å². The number of methoxy groups -OCH3 is 1. The summed E-state index contributed by atoms with van der Waals surface area (Å²) in [6, 6.07) is 9.77. The highest BCUT2D eigenvalue weighted by atomic mass is 16.7. The van der Waals surface area contributed by atoms with E-state index in [1.807, 2.05) is 78.8 Å². The van der Waals surface area contributed by atoms with Crippen molar-refractivity contribution >= 4 is 13.1 Å². The highest BCUT2D eigenvalue weighted by Gasteiger charge is 2.50. The quantitative estimate of drug-likeness (QED) is 0.386. The third-order valence-corrected chi connectivity index (χ3v) is 6.04. The minimum atomic E-state index is -0.683. The van der Waals surface area contributed by atoms with Crippen molar-refractivity contribution in [2.45, 2.75) is 84.6 Å². The van der Waals surface area contributed by atoms with Gasteiger partial charge in [0.05, 0.1) is 18.3 Å². The molecule has 1 fully saturated rings. The number of hydrogen-bond acceptors (Lipinski definition) is 7. The molecule has 1 aromatic carbocycles. The second kappa shape index (κ2) is 9.96. The molecule has 1 saturated heterocycles. The second-order valence-corrected chi connectivity index (χ2v) is 10.5. The van der Waals surface area contributed by atoms with Crippen LogP contribution in [0.5, 0.6) is 11.6 Å². The Morgan fingerprint density at radius 3 is 2.24 bits per heavy atom. The number of hydrogen-bond donors (Lipinski definition) is 0. The van der Waals surface area contributed by atoms with Gasteiger partial charge in [-0.25, -0.2) is 9.78 Å². The fraction of sp³-hybridized carbons (Fsp3) is 0.538. The number of ether oxygens (including phenoxy) is 3. The molecule has 7 nitrogen and oxygen atoms in total. The molecule has 0 saturated carbocycles. The Bertz CT molecular complexity index is 984. The van der Waals surface area contributed by atoms with Crippen molar-refractivity contribution < 1.29 is 28.3 Å². The molecule has 0 bridgehead atoms. The summed E-state index contributed by atoms with van der Waals surface area (Å²) >= 11 is 0. The first-order valence-electron chi connectivity index (χ1n) is 11.6. The molecule has 184 valence electrons. The standard InChI is InChI=1S/C26H36BNO6/c1-24(2,3)32-23(29)20-21(31-17-18-12-10-9-11-13-18)19(16-28-22(20)30-8)14-15-27-33-25(4,5)26(6,7)34-27/h9-13,16H,14-15,17H2,1-8H3. The van der Waals surface area contributed by atoms with E-state index in [1.165, 1.54) is 7.11 Å². The van der Waals surface area contributed by atoms with Crippen molar-refractivity contribution in [1.29, 1.82) is 0 Å². The summed E-state index contributed by atoms with van der Waals surface area (Å²) in [7, 11) is 1.10. The Morgan fingerprint density at radius 2 is 1.68 bits per heavy atom. The van der Waals surface area contributed by atoms with Crippen LogP contribution in [0.3, 0.4) is 0 Å². The van der Waals surface area contributed by atoms with E-state index in [1.54, 1.807) is 6.20 Å². The maximum atomic E-state index is 13.2. The van der Waals surface area contributed by atoms with E-state index in [-0.39, 0.29) is 25.2 Å². The highest BCUT2D eigenvalue weighted by molar-refractivity contribution is 6.45. The SMILES string of the molecule is COc1ncc(CCB2OC(C)(C)C(C)(C)O2)c(OCc2ccccc2)c1C(=O)OC(C)(C)C. The van der Waals surface area contributed by atoms with E-state index >= 15 is 0 Å². The van der Waals surface area contributed by atoms with Crippen molar-refractivity contribution in [2.24, 2.45) is 0 Å². The maximum Gasteiger partial charge on any atom is 0.458 e. The molecule has 0 aliphatic carbocycles. The molecule has 0 radical (unpaired) electrons. The van der Waals surface area contributed by atoms with Gasteiger partial charge in [-0.2, -0.15) is 0 Å². The van der Waals surface area contributed by atoms with Gasteiger partial charge in [-0.3, -0.25) is 0 Å². The lowest BCUT2D eigenvalue weighted by Gasteiger charge is -2.32. The van der Waals surface area contributed by atoms with Gasteiger partial charge < -0.3 is 23.5 Å². The van der Waals surface area contributed by atoms with E-state index < -0.39 is 22.8 Å². The van der Waals surface area contributed by atoms with E-state index in [4.69, 9.17) is 23.5 Å². The number of aromatic nitrogens is 1. The number of benzene rings is 1. The van der Waals surface area contributed by atoms with Crippen molar-refractivity contribution in [2.75, 3.05) is 7.11 Å². The summed E-state index contributed by atoms with van der Waals surface area (Å²) in [6.45, 7) is 13.8. The molecule has 0 amide bonds. The molecule has 0 unspecified atom stereocenters. The number of pyridine rings is 1. The lowest BCUT2D eigenvalue weighted by molar-refractivity contribution is 0.00578. The van der Waals surface area contributed by atoms with Crippen LogP contribution in [0, 0.1) is 0 Å². The topological polar surface area (TPSA) is 76.1 Å². The summed E-state index contributed by atoms with van der Waals surface area (Å²) in [5, 5.41) is 0. The fourth-order valence-corrected chi connectivity index (χ4v) is 3.61. The number of carbonyl (C=O) groups excluding carboxylic acids is 1. The van der Waals surface area contributed by atoms with Gasteiger partial charge in [-0.1, -0.05) is 30.3 Å². The van der Waals surface area contributed by atoms with Crippen LogP contribution in [-0.4, -0.2) is 42.0 Å². The molecule has 2 heterocycles. The van der Waals surface area contributed by atoms with Gasteiger partial charge in [0, 0.05) is 11.8 Å². The first kappa shape index (κ1) is 26.0. The van der Waals surface area contributed by atoms with Crippen LogP contribution in [0.25, 0.3) is 0 Å². The van der Waals surface area contributed by atoms with Crippen LogP contribution in [0.4, 0.5) is 0 Å². The molecule has 3 rings (SSSR count). The molecule has 0 atom stereocenters. The zero-order valence-corrected chi connectivity index (χ0v) is 21.6. The summed E-state index contributed by atoms with van der Waals surface area (Å²) in [4.78, 5) is 17.6. The van der Waals surface area contributed by atoms with E-state index in [0.717, 1.165) is 11.1 Å². The summed E-state index contributed by atoms with van der Waals surface area (Å²) in [6.07, 6.45) is 2.79. The van der Waals surface area contributed by atoms with Crippen LogP contribution in [0.2, 0.25) is 6.32 Å². The molecule has 1 aliphatic heterocycles. The minimum absolute atomic E-state index is 0.164. The molecule has 2 aromatic rings. The van der Waals surface area contributed by atoms with Gasteiger partial charge in [0.25, 0.3) is 0 Å². The highest BCUT2D eigenvalue weighted by Crippen LogP contribution is 2.39. The smallest absolute Gasteiger partial charge is 0.458 e. The van der Waals surface area contributed by atoms with E-state index in [0.29, 0.717) is 18.5 Å². The zero-order valence-electron chi connectivity index (χ0n) is 21.6. The average Bonchev–Trinajstić information content (AvgIpc) is 2.96. The van der Waals surface area contributed by atoms with Crippen molar-refractivity contribution in [1.82, 2.24) is 4.98 Å². The minimum Gasteiger partial charge on any atom is -0.487 e. The summed E-state index contributed by atoms with van der Waals surface area (Å²) in [5.41, 5.74) is 0.406. The number of aryl methyl sites for hydroxylation is 1. The largest absolute Gasteiger partial charge is 0.487 e. The van der Waals surface area contributed by atoms with Crippen LogP contribution in [-0.2, 0) is 27.1 Å². The van der Waals surface area contributed by atoms with E-state index in [9.17, 15) is 4.79 Å². The molecule has 0 spiro atoms. The Labute approximate surface area is 203 Å². The Balaban J connectivity index is 1.92. The van der Waals surface area contributed by atoms with Gasteiger partial charge in [-0.05, 0) is 66.8 Å². The number of carbonyl (C=O) groups is 1. The monoisotopic (exact) mass is 469 g/mol. The second-order valence-electron chi connectivity index (χ2n) is 10.5. The molecular weight excluding hydrogens is 433 g/mol. The first-order valence-corrected chi connectivity index (χ1v) is 11.6. The maximum absolute atomic E-state index is 13.2. The number of rotatable bonds is 8. The van der Waals surface area contributed by atoms with Crippen LogP contribution >= 0.6 is 0 Å². The predicted molar refractivity (Wildman–Crippen MR) is 131 cm³/mol. The van der Waals surface area contributed by atoms with Crippen molar-refractivity contribution in [3.05, 3.63) is 53.2 Å². The average molecular weight is 469 g/mol. The molecule has 0 N–H and O–H groups in total. The van der Waals surface area contributed by atoms with E-state index in [2.05, 4.69) is 4.98 Å². The Morgan fingerprint density at radius 1 is 1.06 bits per heavy atom. The van der Waals surface area contributed by atoms with Gasteiger partial charge >= 0.3 is 13.1 Å². The third kappa shape index (κ3) is 6.10. The molecule has 1 aromatic heterocycles. The number of nitrogens with zero attached hydrogens (tertiary/aromatic N) is 1.